The quantitative estimate of drug-likeness (QED) is 0.758. The second-order valence-electron chi connectivity index (χ2n) is 6.94. The number of carbonyl (C=O) groups is 1. The summed E-state index contributed by atoms with van der Waals surface area (Å²) in [6.07, 6.45) is 1.29. The van der Waals surface area contributed by atoms with E-state index in [4.69, 9.17) is 10.5 Å². The number of hydrogen-bond donors (Lipinski definition) is 2. The number of rotatable bonds is 6. The van der Waals surface area contributed by atoms with Crippen molar-refractivity contribution >= 4 is 5.91 Å². The van der Waals surface area contributed by atoms with E-state index in [9.17, 15) is 4.79 Å². The molecule has 0 radical (unpaired) electrons. The van der Waals surface area contributed by atoms with Crippen LogP contribution in [0.2, 0.25) is 0 Å². The van der Waals surface area contributed by atoms with Crippen molar-refractivity contribution in [2.24, 2.45) is 17.6 Å². The van der Waals surface area contributed by atoms with Crippen LogP contribution < -0.4 is 11.1 Å². The lowest BCUT2D eigenvalue weighted by Crippen LogP contribution is -2.57. The van der Waals surface area contributed by atoms with Crippen molar-refractivity contribution in [2.45, 2.75) is 45.7 Å². The highest BCUT2D eigenvalue weighted by atomic mass is 16.5. The molecule has 0 bridgehead atoms. The summed E-state index contributed by atoms with van der Waals surface area (Å²) in [5.74, 6) is 1.28. The van der Waals surface area contributed by atoms with Crippen molar-refractivity contribution in [1.29, 1.82) is 0 Å². The maximum Gasteiger partial charge on any atom is 0.239 e. The monoisotopic (exact) mass is 285 g/mol. The molecule has 0 spiro atoms. The first-order valence-corrected chi connectivity index (χ1v) is 7.53. The fourth-order valence-electron chi connectivity index (χ4n) is 2.96. The maximum atomic E-state index is 11.9. The molecule has 5 nitrogen and oxygen atoms in total. The molecule has 1 aliphatic rings. The van der Waals surface area contributed by atoms with Gasteiger partial charge in [0.15, 0.2) is 0 Å². The molecule has 3 unspecified atom stereocenters. The topological polar surface area (TPSA) is 67.6 Å². The first kappa shape index (κ1) is 17.4. The van der Waals surface area contributed by atoms with Crippen LogP contribution in [0.15, 0.2) is 0 Å². The largest absolute Gasteiger partial charge is 0.383 e. The number of ether oxygens (including phenoxy) is 1. The number of likely N-dealkylation sites (tertiary alicyclic amines) is 1. The highest BCUT2D eigenvalue weighted by Crippen LogP contribution is 2.26. The Morgan fingerprint density at radius 1 is 1.40 bits per heavy atom. The van der Waals surface area contributed by atoms with E-state index >= 15 is 0 Å². The number of nitrogens with zero attached hydrogens (tertiary/aromatic N) is 1. The van der Waals surface area contributed by atoms with Crippen LogP contribution >= 0.6 is 0 Å². The molecule has 118 valence electrons. The summed E-state index contributed by atoms with van der Waals surface area (Å²) in [5, 5.41) is 2.95. The zero-order valence-electron chi connectivity index (χ0n) is 13.6. The second-order valence-corrected chi connectivity index (χ2v) is 6.94. The number of methoxy groups -OCH3 is 1. The predicted molar refractivity (Wildman–Crippen MR) is 81.5 cm³/mol. The summed E-state index contributed by atoms with van der Waals surface area (Å²) in [4.78, 5) is 14.3. The summed E-state index contributed by atoms with van der Waals surface area (Å²) in [5.41, 5.74) is 5.68. The van der Waals surface area contributed by atoms with Gasteiger partial charge in [-0.05, 0) is 32.1 Å². The Bertz CT molecular complexity index is 310. The molecule has 3 atom stereocenters. The van der Waals surface area contributed by atoms with Crippen molar-refractivity contribution in [3.63, 3.8) is 0 Å². The summed E-state index contributed by atoms with van der Waals surface area (Å²) in [7, 11) is 1.55. The zero-order valence-corrected chi connectivity index (χ0v) is 13.6. The molecule has 3 N–H and O–H groups in total. The molecule has 1 saturated heterocycles. The summed E-state index contributed by atoms with van der Waals surface area (Å²) < 4.78 is 4.90. The molecule has 0 aliphatic carbocycles. The van der Waals surface area contributed by atoms with Crippen LogP contribution in [-0.4, -0.2) is 55.7 Å². The van der Waals surface area contributed by atoms with Gasteiger partial charge in [0.1, 0.15) is 6.04 Å². The molecule has 1 heterocycles. The SMILES string of the molecule is COCC(N)C(=O)NCC(C)(C)N1CC(C)CC(C)C1. The van der Waals surface area contributed by atoms with Gasteiger partial charge >= 0.3 is 0 Å². The van der Waals surface area contributed by atoms with Crippen molar-refractivity contribution in [3.05, 3.63) is 0 Å². The number of nitrogens with one attached hydrogen (secondary N) is 1. The molecule has 0 saturated carbocycles. The van der Waals surface area contributed by atoms with E-state index in [1.54, 1.807) is 7.11 Å². The Morgan fingerprint density at radius 3 is 2.45 bits per heavy atom. The number of piperidine rings is 1. The highest BCUT2D eigenvalue weighted by Gasteiger charge is 2.33. The lowest BCUT2D eigenvalue weighted by Gasteiger charge is -2.45. The predicted octanol–water partition coefficient (Wildman–Crippen LogP) is 0.833. The Hall–Kier alpha value is -0.650. The highest BCUT2D eigenvalue weighted by molar-refractivity contribution is 5.81. The van der Waals surface area contributed by atoms with E-state index in [0.29, 0.717) is 18.4 Å². The Labute approximate surface area is 123 Å². The van der Waals surface area contributed by atoms with Gasteiger partial charge in [0.2, 0.25) is 5.91 Å². The van der Waals surface area contributed by atoms with Crippen LogP contribution in [0.3, 0.4) is 0 Å². The molecular weight excluding hydrogens is 254 g/mol. The number of nitrogens with two attached hydrogens (primary N) is 1. The molecule has 20 heavy (non-hydrogen) atoms. The lowest BCUT2D eigenvalue weighted by atomic mass is 9.88. The maximum absolute atomic E-state index is 11.9. The van der Waals surface area contributed by atoms with E-state index in [1.807, 2.05) is 0 Å². The molecular formula is C15H31N3O2. The van der Waals surface area contributed by atoms with Crippen LogP contribution in [0.5, 0.6) is 0 Å². The Balaban J connectivity index is 2.50. The van der Waals surface area contributed by atoms with Gasteiger partial charge in [0.25, 0.3) is 0 Å². The third-order valence-electron chi connectivity index (χ3n) is 4.10. The van der Waals surface area contributed by atoms with Crippen molar-refractivity contribution in [3.8, 4) is 0 Å². The summed E-state index contributed by atoms with van der Waals surface area (Å²) in [6, 6.07) is -0.588. The van der Waals surface area contributed by atoms with Crippen molar-refractivity contribution in [1.82, 2.24) is 10.2 Å². The molecule has 0 aromatic rings. The van der Waals surface area contributed by atoms with Crippen molar-refractivity contribution in [2.75, 3.05) is 33.4 Å². The van der Waals surface area contributed by atoms with Crippen LogP contribution in [-0.2, 0) is 9.53 Å². The molecule has 0 aromatic carbocycles. The van der Waals surface area contributed by atoms with Gasteiger partial charge in [-0.3, -0.25) is 9.69 Å². The number of amides is 1. The standard InChI is InChI=1S/C15H31N3O2/c1-11-6-12(2)8-18(7-11)15(3,4)10-17-14(19)13(16)9-20-5/h11-13H,6-10,16H2,1-5H3,(H,17,19). The van der Waals surface area contributed by atoms with E-state index in [-0.39, 0.29) is 18.1 Å². The third kappa shape index (κ3) is 5.04. The fourth-order valence-corrected chi connectivity index (χ4v) is 2.96. The minimum absolute atomic E-state index is 0.0502. The second kappa shape index (κ2) is 7.38. The normalized spacial score (nSPS) is 26.3. The molecule has 1 rings (SSSR count). The number of hydrogen-bond acceptors (Lipinski definition) is 4. The molecule has 1 aliphatic heterocycles. The lowest BCUT2D eigenvalue weighted by molar-refractivity contribution is -0.124. The minimum atomic E-state index is -0.588. The molecule has 1 fully saturated rings. The van der Waals surface area contributed by atoms with Crippen LogP contribution in [0.25, 0.3) is 0 Å². The smallest absolute Gasteiger partial charge is 0.239 e. The van der Waals surface area contributed by atoms with Crippen molar-refractivity contribution < 1.29 is 9.53 Å². The zero-order chi connectivity index (χ0) is 15.3. The van der Waals surface area contributed by atoms with Gasteiger partial charge in [-0.15, -0.1) is 0 Å². The van der Waals surface area contributed by atoms with Gasteiger partial charge in [0.05, 0.1) is 6.61 Å². The average Bonchev–Trinajstić information content (AvgIpc) is 2.35. The average molecular weight is 285 g/mol. The third-order valence-corrected chi connectivity index (χ3v) is 4.10. The summed E-state index contributed by atoms with van der Waals surface area (Å²) >= 11 is 0. The van der Waals surface area contributed by atoms with E-state index < -0.39 is 6.04 Å². The van der Waals surface area contributed by atoms with E-state index in [2.05, 4.69) is 37.9 Å². The molecule has 1 amide bonds. The van der Waals surface area contributed by atoms with Gasteiger partial charge in [-0.2, -0.15) is 0 Å². The van der Waals surface area contributed by atoms with Gasteiger partial charge < -0.3 is 15.8 Å². The molecule has 5 heteroatoms. The Morgan fingerprint density at radius 2 is 1.95 bits per heavy atom. The van der Waals surface area contributed by atoms with Gasteiger partial charge in [-0.25, -0.2) is 0 Å². The van der Waals surface area contributed by atoms with E-state index in [1.165, 1.54) is 6.42 Å². The number of carbonyl (C=O) groups excluding carboxylic acids is 1. The van der Waals surface area contributed by atoms with Gasteiger partial charge in [-0.1, -0.05) is 13.8 Å². The first-order chi connectivity index (χ1) is 9.26. The van der Waals surface area contributed by atoms with Crippen LogP contribution in [0, 0.1) is 11.8 Å². The van der Waals surface area contributed by atoms with E-state index in [0.717, 1.165) is 13.1 Å². The molecule has 0 aromatic heterocycles. The first-order valence-electron chi connectivity index (χ1n) is 7.53. The fraction of sp³-hybridized carbons (Fsp3) is 0.933. The van der Waals surface area contributed by atoms with Gasteiger partial charge in [0, 0.05) is 32.3 Å². The minimum Gasteiger partial charge on any atom is -0.383 e. The Kier molecular flexibility index (Phi) is 6.43. The van der Waals surface area contributed by atoms with Crippen LogP contribution in [0.1, 0.15) is 34.1 Å². The van der Waals surface area contributed by atoms with Crippen LogP contribution in [0.4, 0.5) is 0 Å². The summed E-state index contributed by atoms with van der Waals surface area (Å²) in [6.45, 7) is 12.0.